The molecule has 0 saturated heterocycles. The van der Waals surface area contributed by atoms with Gasteiger partial charge in [-0.2, -0.15) is 0 Å². The summed E-state index contributed by atoms with van der Waals surface area (Å²) in [6.45, 7) is 4.22. The minimum Gasteiger partial charge on any atom is -1.00 e. The third-order valence-electron chi connectivity index (χ3n) is 6.17. The zero-order valence-electron chi connectivity index (χ0n) is 19.9. The predicted molar refractivity (Wildman–Crippen MR) is 138 cm³/mol. The third-order valence-corrected chi connectivity index (χ3v) is 6.17. The van der Waals surface area contributed by atoms with Crippen LogP contribution in [0.15, 0.2) is 108 Å². The molecular weight excluding hydrogens is 546 g/mol. The van der Waals surface area contributed by atoms with E-state index in [1.54, 1.807) is 0 Å². The van der Waals surface area contributed by atoms with Crippen LogP contribution < -0.4 is 24.8 Å². The fraction of sp³-hybridized carbons (Fsp3) is 0.125. The first-order valence-corrected chi connectivity index (χ1v) is 11.2. The van der Waals surface area contributed by atoms with E-state index in [1.807, 2.05) is 0 Å². The van der Waals surface area contributed by atoms with Gasteiger partial charge in [-0.3, -0.25) is 12.2 Å². The summed E-state index contributed by atoms with van der Waals surface area (Å²) >= 11 is 0. The van der Waals surface area contributed by atoms with Gasteiger partial charge in [0.15, 0.2) is 0 Å². The first-order valence-electron chi connectivity index (χ1n) is 11.2. The summed E-state index contributed by atoms with van der Waals surface area (Å²) in [7, 11) is 0. The van der Waals surface area contributed by atoms with Crippen molar-refractivity contribution >= 4 is 32.7 Å². The molecule has 35 heavy (non-hydrogen) atoms. The largest absolute Gasteiger partial charge is 4.00 e. The topological polar surface area (TPSA) is 0 Å². The Kier molecular flexibility index (Phi) is 11.0. The van der Waals surface area contributed by atoms with E-state index >= 15 is 0 Å². The fourth-order valence-corrected chi connectivity index (χ4v) is 4.55. The standard InChI is InChI=1S/2C16H13.2ClH.Zr/c2*1-12-9-10-14(11-12)16-8-4-6-13-5-2-3-7-15(13)16;;;/h2*2-8,11H,10H2,1H3;2*1H;/q2*-1;;;+4/p-2. The van der Waals surface area contributed by atoms with Gasteiger partial charge in [0.05, 0.1) is 0 Å². The third kappa shape index (κ3) is 6.53. The van der Waals surface area contributed by atoms with Gasteiger partial charge >= 0.3 is 26.2 Å². The number of allylic oxidation sites excluding steroid dienone is 8. The zero-order valence-corrected chi connectivity index (χ0v) is 23.9. The average Bonchev–Trinajstić information content (AvgIpc) is 3.47. The molecule has 0 aromatic heterocycles. The molecule has 0 spiro atoms. The van der Waals surface area contributed by atoms with E-state index in [0.29, 0.717) is 0 Å². The summed E-state index contributed by atoms with van der Waals surface area (Å²) < 4.78 is 0. The van der Waals surface area contributed by atoms with Gasteiger partial charge in [0.2, 0.25) is 0 Å². The second-order valence-electron chi connectivity index (χ2n) is 8.47. The quantitative estimate of drug-likeness (QED) is 0.324. The number of hydrogen-bond acceptors (Lipinski definition) is 0. The first kappa shape index (κ1) is 29.1. The van der Waals surface area contributed by atoms with Gasteiger partial charge in [0.1, 0.15) is 0 Å². The smallest absolute Gasteiger partial charge is 1.00 e. The molecule has 4 aromatic carbocycles. The van der Waals surface area contributed by atoms with Gasteiger partial charge in [0.25, 0.3) is 0 Å². The van der Waals surface area contributed by atoms with E-state index in [0.717, 1.165) is 12.8 Å². The van der Waals surface area contributed by atoms with Crippen LogP contribution in [0, 0.1) is 12.2 Å². The van der Waals surface area contributed by atoms with Crippen LogP contribution in [0.3, 0.4) is 0 Å². The molecule has 0 N–H and O–H groups in total. The van der Waals surface area contributed by atoms with Crippen LogP contribution >= 0.6 is 0 Å². The molecular formula is C32H26Cl2Zr. The molecule has 4 aromatic rings. The van der Waals surface area contributed by atoms with Crippen molar-refractivity contribution in [2.75, 3.05) is 0 Å². The number of halogens is 2. The molecule has 0 saturated carbocycles. The number of fused-ring (bicyclic) bond motifs is 2. The van der Waals surface area contributed by atoms with Gasteiger partial charge in [-0.15, -0.1) is 24.0 Å². The second kappa shape index (κ2) is 13.2. The molecule has 0 unspecified atom stereocenters. The van der Waals surface area contributed by atoms with Crippen LogP contribution in [0.25, 0.3) is 32.7 Å². The monoisotopic (exact) mass is 570 g/mol. The van der Waals surface area contributed by atoms with E-state index in [4.69, 9.17) is 0 Å². The summed E-state index contributed by atoms with van der Waals surface area (Å²) in [5, 5.41) is 5.30. The Balaban J connectivity index is 0.000000227. The maximum absolute atomic E-state index is 3.36. The first-order chi connectivity index (χ1) is 15.7. The second-order valence-corrected chi connectivity index (χ2v) is 8.47. The molecule has 0 heterocycles. The Morgan fingerprint density at radius 2 is 0.886 bits per heavy atom. The van der Waals surface area contributed by atoms with Crippen LogP contribution in [0.4, 0.5) is 0 Å². The van der Waals surface area contributed by atoms with Crippen molar-refractivity contribution in [1.29, 1.82) is 0 Å². The summed E-state index contributed by atoms with van der Waals surface area (Å²) in [5.74, 6) is 0. The van der Waals surface area contributed by atoms with Gasteiger partial charge in [-0.1, -0.05) is 98.8 Å². The molecule has 2 aliphatic carbocycles. The summed E-state index contributed by atoms with van der Waals surface area (Å²) in [5.41, 5.74) is 7.97. The minimum atomic E-state index is 0. The molecule has 0 radical (unpaired) electrons. The van der Waals surface area contributed by atoms with Crippen LogP contribution in [0.1, 0.15) is 37.8 Å². The minimum absolute atomic E-state index is 0. The molecule has 0 amide bonds. The molecule has 0 fully saturated rings. The van der Waals surface area contributed by atoms with E-state index in [1.165, 1.54) is 55.0 Å². The van der Waals surface area contributed by atoms with Crippen LogP contribution in [-0.2, 0) is 26.2 Å². The molecule has 172 valence electrons. The average molecular weight is 573 g/mol. The van der Waals surface area contributed by atoms with Crippen molar-refractivity contribution in [1.82, 2.24) is 0 Å². The van der Waals surface area contributed by atoms with Crippen molar-refractivity contribution in [2.24, 2.45) is 0 Å². The number of rotatable bonds is 2. The molecule has 3 heteroatoms. The Bertz CT molecular complexity index is 1320. The van der Waals surface area contributed by atoms with Crippen LogP contribution in [0.2, 0.25) is 0 Å². The fourth-order valence-electron chi connectivity index (χ4n) is 4.55. The van der Waals surface area contributed by atoms with E-state index in [2.05, 4.69) is 123 Å². The van der Waals surface area contributed by atoms with E-state index in [-0.39, 0.29) is 51.0 Å². The molecule has 0 aliphatic heterocycles. The van der Waals surface area contributed by atoms with Gasteiger partial charge < -0.3 is 24.8 Å². The Labute approximate surface area is 240 Å². The normalized spacial score (nSPS) is 13.8. The molecule has 2 aliphatic rings. The maximum Gasteiger partial charge on any atom is 4.00 e. The van der Waals surface area contributed by atoms with Crippen molar-refractivity contribution in [2.45, 2.75) is 26.7 Å². The van der Waals surface area contributed by atoms with Crippen LogP contribution in [0.5, 0.6) is 0 Å². The van der Waals surface area contributed by atoms with E-state index < -0.39 is 0 Å². The molecule has 0 nitrogen and oxygen atoms in total. The Morgan fingerprint density at radius 1 is 0.514 bits per heavy atom. The summed E-state index contributed by atoms with van der Waals surface area (Å²) in [6.07, 6.45) is 13.1. The van der Waals surface area contributed by atoms with Gasteiger partial charge in [-0.25, -0.2) is 23.3 Å². The van der Waals surface area contributed by atoms with Crippen LogP contribution in [-0.4, -0.2) is 0 Å². The van der Waals surface area contributed by atoms with Crippen molar-refractivity contribution in [3.63, 3.8) is 0 Å². The molecule has 6 rings (SSSR count). The Hall–Kier alpha value is -2.18. The molecule has 0 atom stereocenters. The molecule has 0 bridgehead atoms. The zero-order chi connectivity index (χ0) is 21.9. The Morgan fingerprint density at radius 3 is 1.26 bits per heavy atom. The van der Waals surface area contributed by atoms with Gasteiger partial charge in [0, 0.05) is 0 Å². The van der Waals surface area contributed by atoms with Crippen molar-refractivity contribution < 1.29 is 51.0 Å². The summed E-state index contributed by atoms with van der Waals surface area (Å²) in [4.78, 5) is 0. The predicted octanol–water partition coefficient (Wildman–Crippen LogP) is 2.76. The SMILES string of the molecule is CC1=[C-]CC(c2cccc3ccccc23)=C1.CC1=[C-]CC(c2cccc3ccccc23)=C1.[Cl-].[Cl-].[Zr+4]. The number of benzene rings is 4. The van der Waals surface area contributed by atoms with Gasteiger partial charge in [-0.05, 0) is 32.7 Å². The summed E-state index contributed by atoms with van der Waals surface area (Å²) in [6, 6.07) is 30.1. The number of hydrogen-bond donors (Lipinski definition) is 0. The maximum atomic E-state index is 3.36. The van der Waals surface area contributed by atoms with Crippen molar-refractivity contribution in [3.8, 4) is 0 Å². The van der Waals surface area contributed by atoms with Crippen molar-refractivity contribution in [3.05, 3.63) is 132 Å². The van der Waals surface area contributed by atoms with E-state index in [9.17, 15) is 0 Å².